The summed E-state index contributed by atoms with van der Waals surface area (Å²) in [6.45, 7) is 3.84. The van der Waals surface area contributed by atoms with Crippen molar-refractivity contribution in [3.63, 3.8) is 0 Å². The first-order chi connectivity index (χ1) is 18.3. The fourth-order valence-corrected chi connectivity index (χ4v) is 6.44. The van der Waals surface area contributed by atoms with E-state index in [2.05, 4.69) is 4.99 Å². The summed E-state index contributed by atoms with van der Waals surface area (Å²) in [5, 5.41) is 11.3. The molecular formula is C28H26FN3O5S. The number of carbonyl (C=O) groups is 2. The topological polar surface area (TPSA) is 111 Å². The van der Waals surface area contributed by atoms with Gasteiger partial charge in [-0.15, -0.1) is 0 Å². The van der Waals surface area contributed by atoms with Gasteiger partial charge in [0.2, 0.25) is 5.91 Å². The van der Waals surface area contributed by atoms with Gasteiger partial charge in [0.15, 0.2) is 6.10 Å². The van der Waals surface area contributed by atoms with Crippen LogP contribution in [0.5, 0.6) is 0 Å². The SMILES string of the molecule is CCSCCC(=O)/N=C\C1CCc2c(C)c(F)cc3nc4c(c1c23)Cn1c-4cc2c(c1=O)COC(=O)[C@H]2O. The molecule has 6 rings (SSSR count). The molecule has 4 heterocycles. The molecule has 2 aliphatic heterocycles. The summed E-state index contributed by atoms with van der Waals surface area (Å²) in [6, 6.07) is 3.03. The number of rotatable bonds is 5. The van der Waals surface area contributed by atoms with E-state index >= 15 is 0 Å². The molecule has 3 aliphatic rings. The lowest BCUT2D eigenvalue weighted by Gasteiger charge is -2.27. The van der Waals surface area contributed by atoms with Crippen LogP contribution < -0.4 is 5.56 Å². The zero-order valence-corrected chi connectivity index (χ0v) is 21.9. The van der Waals surface area contributed by atoms with Gasteiger partial charge in [-0.05, 0) is 48.3 Å². The van der Waals surface area contributed by atoms with Crippen molar-refractivity contribution >= 4 is 40.8 Å². The Labute approximate surface area is 221 Å². The lowest BCUT2D eigenvalue weighted by molar-refractivity contribution is -0.157. The van der Waals surface area contributed by atoms with Crippen molar-refractivity contribution in [2.75, 3.05) is 11.5 Å². The smallest absolute Gasteiger partial charge is 0.340 e. The highest BCUT2D eigenvalue weighted by Crippen LogP contribution is 2.45. The minimum Gasteiger partial charge on any atom is -0.458 e. The molecule has 0 radical (unpaired) electrons. The molecular weight excluding hydrogens is 509 g/mol. The van der Waals surface area contributed by atoms with E-state index in [1.54, 1.807) is 35.5 Å². The number of aryl methyl sites for hydroxylation is 1. The third kappa shape index (κ3) is 3.80. The first-order valence-electron chi connectivity index (χ1n) is 12.7. The van der Waals surface area contributed by atoms with Gasteiger partial charge in [-0.25, -0.2) is 19.2 Å². The predicted octanol–water partition coefficient (Wildman–Crippen LogP) is 3.73. The molecule has 0 spiro atoms. The number of nitrogens with zero attached hydrogens (tertiary/aromatic N) is 3. The zero-order valence-electron chi connectivity index (χ0n) is 21.0. The Morgan fingerprint density at radius 3 is 2.92 bits per heavy atom. The highest BCUT2D eigenvalue weighted by molar-refractivity contribution is 7.99. The number of amides is 1. The van der Waals surface area contributed by atoms with Gasteiger partial charge in [0.1, 0.15) is 12.4 Å². The van der Waals surface area contributed by atoms with Crippen LogP contribution in [0.3, 0.4) is 0 Å². The van der Waals surface area contributed by atoms with E-state index in [1.165, 1.54) is 6.07 Å². The molecule has 0 bridgehead atoms. The number of hydrogen-bond donors (Lipinski definition) is 1. The number of aromatic nitrogens is 2. The number of aliphatic hydroxyl groups is 1. The summed E-state index contributed by atoms with van der Waals surface area (Å²) >= 11 is 1.69. The van der Waals surface area contributed by atoms with Gasteiger partial charge in [-0.2, -0.15) is 11.8 Å². The van der Waals surface area contributed by atoms with Crippen LogP contribution in [0.25, 0.3) is 22.3 Å². The molecule has 1 unspecified atom stereocenters. The van der Waals surface area contributed by atoms with Gasteiger partial charge >= 0.3 is 5.97 Å². The van der Waals surface area contributed by atoms with E-state index < -0.39 is 12.1 Å². The second-order valence-corrected chi connectivity index (χ2v) is 11.2. The molecule has 0 saturated carbocycles. The Kier molecular flexibility index (Phi) is 6.19. The maximum absolute atomic E-state index is 14.9. The average Bonchev–Trinajstić information content (AvgIpc) is 3.27. The molecule has 0 saturated heterocycles. The molecule has 3 aromatic rings. The molecule has 0 fully saturated rings. The van der Waals surface area contributed by atoms with E-state index in [4.69, 9.17) is 9.72 Å². The second-order valence-electron chi connectivity index (χ2n) is 9.84. The Morgan fingerprint density at radius 2 is 2.13 bits per heavy atom. The van der Waals surface area contributed by atoms with Gasteiger partial charge in [0.25, 0.3) is 5.56 Å². The van der Waals surface area contributed by atoms with Gasteiger partial charge in [0, 0.05) is 46.9 Å². The minimum atomic E-state index is -1.55. The maximum Gasteiger partial charge on any atom is 0.340 e. The van der Waals surface area contributed by atoms with E-state index in [0.29, 0.717) is 47.5 Å². The average molecular weight is 536 g/mol. The van der Waals surface area contributed by atoms with Crippen LogP contribution in [-0.4, -0.2) is 44.3 Å². The number of aliphatic hydroxyl groups excluding tert-OH is 1. The molecule has 1 aromatic carbocycles. The van der Waals surface area contributed by atoms with Crippen molar-refractivity contribution < 1.29 is 23.8 Å². The fourth-order valence-electron chi connectivity index (χ4n) is 5.83. The number of esters is 1. The standard InChI is InChI=1S/C28H26FN3O5S/c1-3-38-7-6-22(33)30-10-14-4-5-15-13(2)19(29)9-20-24(15)23(14)17-11-32-21(25(17)31-20)8-16-18(27(32)35)12-37-28(36)26(16)34/h8-10,14,26,34H,3-7,11-12H2,1-2H3/b30-10-/t14?,26-/m0/s1. The first-order valence-corrected chi connectivity index (χ1v) is 13.9. The second kappa shape index (κ2) is 9.43. The Balaban J connectivity index is 1.53. The van der Waals surface area contributed by atoms with Crippen LogP contribution in [0.4, 0.5) is 4.39 Å². The summed E-state index contributed by atoms with van der Waals surface area (Å²) in [5.41, 5.74) is 4.73. The van der Waals surface area contributed by atoms with Crippen LogP contribution in [-0.2, 0) is 33.9 Å². The number of pyridine rings is 2. The molecule has 196 valence electrons. The zero-order chi connectivity index (χ0) is 26.7. The Hall–Kier alpha value is -3.37. The highest BCUT2D eigenvalue weighted by Gasteiger charge is 2.37. The van der Waals surface area contributed by atoms with Crippen molar-refractivity contribution in [3.8, 4) is 11.4 Å². The number of aliphatic imine (C=N–C) groups is 1. The van der Waals surface area contributed by atoms with Gasteiger partial charge < -0.3 is 14.4 Å². The van der Waals surface area contributed by atoms with Gasteiger partial charge in [-0.3, -0.25) is 9.59 Å². The summed E-state index contributed by atoms with van der Waals surface area (Å²) in [7, 11) is 0. The van der Waals surface area contributed by atoms with Crippen LogP contribution in [0.1, 0.15) is 65.2 Å². The van der Waals surface area contributed by atoms with Crippen LogP contribution >= 0.6 is 11.8 Å². The van der Waals surface area contributed by atoms with Crippen LogP contribution in [0.2, 0.25) is 0 Å². The Bertz CT molecular complexity index is 1630. The number of carbonyl (C=O) groups excluding carboxylic acids is 2. The molecule has 2 aromatic heterocycles. The Morgan fingerprint density at radius 1 is 1.32 bits per heavy atom. The quantitative estimate of drug-likeness (QED) is 0.236. The van der Waals surface area contributed by atoms with E-state index in [0.717, 1.165) is 27.8 Å². The third-order valence-corrected chi connectivity index (χ3v) is 8.66. The van der Waals surface area contributed by atoms with E-state index in [-0.39, 0.29) is 47.5 Å². The number of hydrogen-bond acceptors (Lipinski definition) is 7. The maximum atomic E-state index is 14.9. The summed E-state index contributed by atoms with van der Waals surface area (Å²) < 4.78 is 21.5. The number of halogens is 1. The van der Waals surface area contributed by atoms with Gasteiger partial charge in [0.05, 0.1) is 29.0 Å². The van der Waals surface area contributed by atoms with Crippen molar-refractivity contribution in [1.29, 1.82) is 0 Å². The number of fused-ring (bicyclic) bond motifs is 5. The van der Waals surface area contributed by atoms with Crippen molar-refractivity contribution in [2.24, 2.45) is 4.99 Å². The molecule has 2 atom stereocenters. The minimum absolute atomic E-state index is 0.181. The van der Waals surface area contributed by atoms with Crippen molar-refractivity contribution in [3.05, 3.63) is 61.7 Å². The summed E-state index contributed by atoms with van der Waals surface area (Å²) in [5.74, 6) is 0.120. The van der Waals surface area contributed by atoms with Crippen molar-refractivity contribution in [1.82, 2.24) is 9.55 Å². The van der Waals surface area contributed by atoms with Crippen LogP contribution in [0, 0.1) is 12.7 Å². The number of cyclic esters (lactones) is 1. The molecule has 1 aliphatic carbocycles. The monoisotopic (exact) mass is 535 g/mol. The lowest BCUT2D eigenvalue weighted by Crippen LogP contribution is -2.32. The molecule has 1 amide bonds. The van der Waals surface area contributed by atoms with Crippen LogP contribution in [0.15, 0.2) is 21.9 Å². The molecule has 38 heavy (non-hydrogen) atoms. The van der Waals surface area contributed by atoms with Gasteiger partial charge in [-0.1, -0.05) is 6.92 Å². The first kappa shape index (κ1) is 24.9. The normalized spacial score (nSPS) is 19.4. The predicted molar refractivity (Wildman–Crippen MR) is 142 cm³/mol. The molecule has 10 heteroatoms. The van der Waals surface area contributed by atoms with E-state index in [1.807, 2.05) is 6.92 Å². The summed E-state index contributed by atoms with van der Waals surface area (Å²) in [6.07, 6.45) is 1.78. The van der Waals surface area contributed by atoms with E-state index in [9.17, 15) is 23.9 Å². The van der Waals surface area contributed by atoms with Crippen molar-refractivity contribution in [2.45, 2.75) is 58.3 Å². The molecule has 8 nitrogen and oxygen atoms in total. The fraction of sp³-hybridized carbons (Fsp3) is 0.393. The number of ether oxygens (including phenoxy) is 1. The lowest BCUT2D eigenvalue weighted by atomic mass is 9.78. The number of benzene rings is 1. The number of thioether (sulfide) groups is 1. The third-order valence-electron chi connectivity index (χ3n) is 7.75. The molecule has 1 N–H and O–H groups in total. The highest BCUT2D eigenvalue weighted by atomic mass is 32.2. The summed E-state index contributed by atoms with van der Waals surface area (Å²) in [4.78, 5) is 46.9. The largest absolute Gasteiger partial charge is 0.458 e.